The van der Waals surface area contributed by atoms with Crippen LogP contribution in [0, 0.1) is 46.3 Å². The molecule has 0 bridgehead atoms. The van der Waals surface area contributed by atoms with Gasteiger partial charge in [-0.05, 0) is 79.4 Å². The van der Waals surface area contributed by atoms with Gasteiger partial charge < -0.3 is 0 Å². The van der Waals surface area contributed by atoms with Gasteiger partial charge in [0.15, 0.2) is 0 Å². The quantitative estimate of drug-likeness (QED) is 0.435. The van der Waals surface area contributed by atoms with Crippen molar-refractivity contribution in [1.82, 2.24) is 5.01 Å². The summed E-state index contributed by atoms with van der Waals surface area (Å²) in [6.45, 7) is 12.3. The van der Waals surface area contributed by atoms with Crippen LogP contribution in [0.4, 0.5) is 0 Å². The molecule has 1 heterocycles. The topological polar surface area (TPSA) is 46.3 Å². The summed E-state index contributed by atoms with van der Waals surface area (Å²) in [5.74, 6) is 11.3. The Balaban J connectivity index is 1.52. The van der Waals surface area contributed by atoms with Crippen LogP contribution in [0.25, 0.3) is 0 Å². The number of rotatable bonds is 5. The predicted octanol–water partition coefficient (Wildman–Crippen LogP) is 6.30. The molecule has 0 spiro atoms. The summed E-state index contributed by atoms with van der Waals surface area (Å²) in [6, 6.07) is 0. The molecule has 0 radical (unpaired) electrons. The van der Waals surface area contributed by atoms with Gasteiger partial charge in [0.1, 0.15) is 0 Å². The molecule has 164 valence electrons. The largest absolute Gasteiger partial charge is 0.273 e. The van der Waals surface area contributed by atoms with Gasteiger partial charge in [-0.25, -0.2) is 5.84 Å². The van der Waals surface area contributed by atoms with E-state index >= 15 is 0 Å². The number of carbonyl (C=O) groups excluding carboxylic acids is 1. The third-order valence-electron chi connectivity index (χ3n) is 10.0. The zero-order valence-corrected chi connectivity index (χ0v) is 19.5. The Morgan fingerprint density at radius 3 is 2.59 bits per heavy atom. The second-order valence-corrected chi connectivity index (χ2v) is 11.9. The van der Waals surface area contributed by atoms with Crippen molar-refractivity contribution in [2.24, 2.45) is 52.2 Å². The maximum absolute atomic E-state index is 12.2. The number of amides is 1. The van der Waals surface area contributed by atoms with Gasteiger partial charge in [0.2, 0.25) is 5.91 Å². The molecule has 0 aromatic heterocycles. The predicted molar refractivity (Wildman–Crippen MR) is 119 cm³/mol. The standard InChI is InChI=1S/C26H44N2O/c1-17(2)7-6-8-18(3)20-10-11-21-19-9-12-23-26(5,16-14-24(29)28(23)27)22(19)13-15-25(20,21)4/h12,17-22H,6-11,13-16,27H2,1-5H3. The Labute approximate surface area is 178 Å². The Hall–Kier alpha value is -0.830. The minimum Gasteiger partial charge on any atom is -0.273 e. The van der Waals surface area contributed by atoms with Crippen molar-refractivity contribution in [2.45, 2.75) is 98.8 Å². The van der Waals surface area contributed by atoms with Crippen molar-refractivity contribution in [3.05, 3.63) is 11.8 Å². The van der Waals surface area contributed by atoms with E-state index in [1.54, 1.807) is 0 Å². The molecular formula is C26H44N2O. The number of hydrazine groups is 1. The van der Waals surface area contributed by atoms with Crippen LogP contribution in [-0.2, 0) is 4.79 Å². The van der Waals surface area contributed by atoms with Crippen molar-refractivity contribution in [1.29, 1.82) is 0 Å². The van der Waals surface area contributed by atoms with Crippen LogP contribution in [0.1, 0.15) is 98.8 Å². The van der Waals surface area contributed by atoms with Crippen molar-refractivity contribution in [2.75, 3.05) is 0 Å². The first-order chi connectivity index (χ1) is 13.7. The first-order valence-corrected chi connectivity index (χ1v) is 12.5. The highest BCUT2D eigenvalue weighted by molar-refractivity contribution is 5.79. The molecule has 4 aliphatic rings. The molecule has 7 unspecified atom stereocenters. The molecule has 7 atom stereocenters. The molecule has 3 nitrogen and oxygen atoms in total. The van der Waals surface area contributed by atoms with E-state index in [-0.39, 0.29) is 11.3 Å². The minimum atomic E-state index is 0.101. The second kappa shape index (κ2) is 7.70. The molecular weight excluding hydrogens is 356 g/mol. The third-order valence-corrected chi connectivity index (χ3v) is 10.0. The average Bonchev–Trinajstić information content (AvgIpc) is 3.02. The highest BCUT2D eigenvalue weighted by Gasteiger charge is 2.59. The summed E-state index contributed by atoms with van der Waals surface area (Å²) in [7, 11) is 0. The Bertz CT molecular complexity index is 670. The van der Waals surface area contributed by atoms with E-state index in [0.717, 1.165) is 48.1 Å². The summed E-state index contributed by atoms with van der Waals surface area (Å²) >= 11 is 0. The van der Waals surface area contributed by atoms with Crippen LogP contribution in [0.3, 0.4) is 0 Å². The first kappa shape index (κ1) is 21.4. The van der Waals surface area contributed by atoms with Crippen molar-refractivity contribution in [3.8, 4) is 0 Å². The summed E-state index contributed by atoms with van der Waals surface area (Å²) in [5.41, 5.74) is 1.76. The zero-order chi connectivity index (χ0) is 21.0. The highest BCUT2D eigenvalue weighted by atomic mass is 16.2. The Morgan fingerprint density at radius 1 is 1.10 bits per heavy atom. The normalized spacial score (nSPS) is 42.9. The number of piperidine rings is 1. The van der Waals surface area contributed by atoms with Gasteiger partial charge in [-0.15, -0.1) is 0 Å². The SMILES string of the molecule is CC(C)CCCC(C)C1CCC2C3CC=C4N(N)C(=O)CCC4(C)C3CCC12C. The molecule has 2 saturated carbocycles. The molecule has 4 rings (SSSR count). The third kappa shape index (κ3) is 3.40. The minimum absolute atomic E-state index is 0.101. The first-order valence-electron chi connectivity index (χ1n) is 12.5. The van der Waals surface area contributed by atoms with E-state index in [9.17, 15) is 4.79 Å². The fourth-order valence-corrected chi connectivity index (χ4v) is 8.41. The highest BCUT2D eigenvalue weighted by Crippen LogP contribution is 2.67. The van der Waals surface area contributed by atoms with Crippen LogP contribution < -0.4 is 5.84 Å². The Morgan fingerprint density at radius 2 is 1.86 bits per heavy atom. The van der Waals surface area contributed by atoms with E-state index < -0.39 is 0 Å². The van der Waals surface area contributed by atoms with Gasteiger partial charge in [0, 0.05) is 17.5 Å². The molecule has 3 fully saturated rings. The summed E-state index contributed by atoms with van der Waals surface area (Å²) in [4.78, 5) is 12.2. The number of hydrogen-bond donors (Lipinski definition) is 1. The molecule has 3 aliphatic carbocycles. The molecule has 3 heteroatoms. The van der Waals surface area contributed by atoms with Gasteiger partial charge >= 0.3 is 0 Å². The van der Waals surface area contributed by atoms with Crippen LogP contribution >= 0.6 is 0 Å². The van der Waals surface area contributed by atoms with E-state index in [0.29, 0.717) is 17.8 Å². The fraction of sp³-hybridized carbons (Fsp3) is 0.885. The van der Waals surface area contributed by atoms with Crippen LogP contribution in [0.2, 0.25) is 0 Å². The number of nitrogens with zero attached hydrogens (tertiary/aromatic N) is 1. The molecule has 1 saturated heterocycles. The Kier molecular flexibility index (Phi) is 5.68. The smallest absolute Gasteiger partial charge is 0.240 e. The summed E-state index contributed by atoms with van der Waals surface area (Å²) in [6.07, 6.45) is 14.8. The lowest BCUT2D eigenvalue weighted by Gasteiger charge is -2.58. The van der Waals surface area contributed by atoms with Crippen LogP contribution in [0.5, 0.6) is 0 Å². The number of fused-ring (bicyclic) bond motifs is 5. The number of allylic oxidation sites excluding steroid dienone is 2. The van der Waals surface area contributed by atoms with Crippen LogP contribution in [-0.4, -0.2) is 10.9 Å². The molecule has 1 aliphatic heterocycles. The van der Waals surface area contributed by atoms with Crippen LogP contribution in [0.15, 0.2) is 11.8 Å². The summed E-state index contributed by atoms with van der Waals surface area (Å²) in [5, 5.41) is 1.50. The van der Waals surface area contributed by atoms with E-state index in [4.69, 9.17) is 5.84 Å². The maximum atomic E-state index is 12.2. The number of nitrogens with two attached hydrogens (primary N) is 1. The lowest BCUT2D eigenvalue weighted by Crippen LogP contribution is -2.56. The fourth-order valence-electron chi connectivity index (χ4n) is 8.41. The molecule has 0 aromatic rings. The molecule has 2 N–H and O–H groups in total. The van der Waals surface area contributed by atoms with E-state index in [1.165, 1.54) is 50.0 Å². The monoisotopic (exact) mass is 400 g/mol. The van der Waals surface area contributed by atoms with Gasteiger partial charge in [-0.2, -0.15) is 0 Å². The lowest BCUT2D eigenvalue weighted by atomic mass is 9.48. The molecule has 0 aromatic carbocycles. The van der Waals surface area contributed by atoms with Crippen molar-refractivity contribution >= 4 is 5.91 Å². The zero-order valence-electron chi connectivity index (χ0n) is 19.5. The van der Waals surface area contributed by atoms with Gasteiger partial charge in [-0.3, -0.25) is 9.80 Å². The molecule has 29 heavy (non-hydrogen) atoms. The van der Waals surface area contributed by atoms with Crippen molar-refractivity contribution < 1.29 is 4.79 Å². The molecule has 1 amide bonds. The van der Waals surface area contributed by atoms with E-state index in [1.807, 2.05) is 0 Å². The lowest BCUT2D eigenvalue weighted by molar-refractivity contribution is -0.138. The van der Waals surface area contributed by atoms with Gasteiger partial charge in [-0.1, -0.05) is 60.0 Å². The second-order valence-electron chi connectivity index (χ2n) is 11.9. The van der Waals surface area contributed by atoms with Gasteiger partial charge in [0.25, 0.3) is 0 Å². The maximum Gasteiger partial charge on any atom is 0.240 e. The van der Waals surface area contributed by atoms with E-state index in [2.05, 4.69) is 40.7 Å². The summed E-state index contributed by atoms with van der Waals surface area (Å²) < 4.78 is 0. The number of carbonyl (C=O) groups is 1. The van der Waals surface area contributed by atoms with Gasteiger partial charge in [0.05, 0.1) is 0 Å². The number of hydrogen-bond acceptors (Lipinski definition) is 2. The van der Waals surface area contributed by atoms with Crippen molar-refractivity contribution in [3.63, 3.8) is 0 Å². The average molecular weight is 401 g/mol.